The summed E-state index contributed by atoms with van der Waals surface area (Å²) in [5.74, 6) is 0.517. The van der Waals surface area contributed by atoms with Crippen molar-refractivity contribution < 1.29 is 4.39 Å². The van der Waals surface area contributed by atoms with E-state index in [2.05, 4.69) is 20.7 Å². The first-order valence-corrected chi connectivity index (χ1v) is 7.25. The van der Waals surface area contributed by atoms with Crippen molar-refractivity contribution >= 4 is 29.9 Å². The molecule has 1 aromatic heterocycles. The Morgan fingerprint density at radius 2 is 2.09 bits per heavy atom. The predicted molar refractivity (Wildman–Crippen MR) is 102 cm³/mol. The van der Waals surface area contributed by atoms with Gasteiger partial charge in [-0.05, 0) is 36.1 Å². The second-order valence-electron chi connectivity index (χ2n) is 5.21. The first-order valence-electron chi connectivity index (χ1n) is 7.25. The van der Waals surface area contributed by atoms with Gasteiger partial charge in [-0.3, -0.25) is 9.67 Å². The van der Waals surface area contributed by atoms with Crippen LogP contribution in [0.4, 0.5) is 4.39 Å². The van der Waals surface area contributed by atoms with Crippen LogP contribution in [0, 0.1) is 12.7 Å². The fourth-order valence-electron chi connectivity index (χ4n) is 2.08. The predicted octanol–water partition coefficient (Wildman–Crippen LogP) is 2.39. The molecule has 2 aromatic rings. The van der Waals surface area contributed by atoms with Crippen molar-refractivity contribution in [2.75, 3.05) is 13.6 Å². The maximum atomic E-state index is 13.5. The highest BCUT2D eigenvalue weighted by Gasteiger charge is 2.02. The summed E-state index contributed by atoms with van der Waals surface area (Å²) in [6, 6.07) is 5.24. The SMILES string of the molecule is CN=C(NCCc1cnn(C)c1)NCc1ccc(C)c(F)c1.I. The lowest BCUT2D eigenvalue weighted by molar-refractivity contribution is 0.615. The second-order valence-corrected chi connectivity index (χ2v) is 5.21. The molecule has 0 amide bonds. The molecular formula is C16H23FIN5. The number of aryl methyl sites for hydroxylation is 2. The first-order chi connectivity index (χ1) is 10.6. The molecule has 0 unspecified atom stereocenters. The van der Waals surface area contributed by atoms with Crippen molar-refractivity contribution in [2.24, 2.45) is 12.0 Å². The minimum atomic E-state index is -0.182. The molecule has 0 saturated carbocycles. The van der Waals surface area contributed by atoms with Gasteiger partial charge >= 0.3 is 0 Å². The molecule has 2 rings (SSSR count). The molecular weight excluding hydrogens is 408 g/mol. The van der Waals surface area contributed by atoms with E-state index < -0.39 is 0 Å². The van der Waals surface area contributed by atoms with Crippen LogP contribution >= 0.6 is 24.0 Å². The van der Waals surface area contributed by atoms with Gasteiger partial charge in [-0.15, -0.1) is 24.0 Å². The topological polar surface area (TPSA) is 54.2 Å². The molecule has 0 radical (unpaired) electrons. The summed E-state index contributed by atoms with van der Waals surface area (Å²) in [7, 11) is 3.62. The van der Waals surface area contributed by atoms with E-state index in [4.69, 9.17) is 0 Å². The Hall–Kier alpha value is -1.64. The Morgan fingerprint density at radius 3 is 2.70 bits per heavy atom. The number of aromatic nitrogens is 2. The van der Waals surface area contributed by atoms with Gasteiger partial charge in [0, 0.05) is 33.4 Å². The Morgan fingerprint density at radius 1 is 1.30 bits per heavy atom. The molecule has 126 valence electrons. The molecule has 0 fully saturated rings. The largest absolute Gasteiger partial charge is 0.356 e. The Labute approximate surface area is 153 Å². The molecule has 23 heavy (non-hydrogen) atoms. The highest BCUT2D eigenvalue weighted by molar-refractivity contribution is 14.0. The van der Waals surface area contributed by atoms with Gasteiger partial charge in [-0.2, -0.15) is 5.10 Å². The fourth-order valence-corrected chi connectivity index (χ4v) is 2.08. The van der Waals surface area contributed by atoms with Crippen LogP contribution in [0.2, 0.25) is 0 Å². The summed E-state index contributed by atoms with van der Waals surface area (Å²) in [6.07, 6.45) is 4.72. The standard InChI is InChI=1S/C16H22FN5.HI/c1-12-4-5-13(8-15(12)17)9-20-16(18-2)19-7-6-14-10-21-22(3)11-14;/h4-5,8,10-11H,6-7,9H2,1-3H3,(H2,18,19,20);1H. The molecule has 1 heterocycles. The third-order valence-electron chi connectivity index (χ3n) is 3.38. The fraction of sp³-hybridized carbons (Fsp3) is 0.375. The van der Waals surface area contributed by atoms with E-state index in [0.29, 0.717) is 18.1 Å². The molecule has 0 bridgehead atoms. The third kappa shape index (κ3) is 6.17. The second kappa shape index (κ2) is 9.49. The average Bonchev–Trinajstić information content (AvgIpc) is 2.91. The summed E-state index contributed by atoms with van der Waals surface area (Å²) in [5.41, 5.74) is 2.71. The molecule has 2 N–H and O–H groups in total. The van der Waals surface area contributed by atoms with Crippen LogP contribution in [0.3, 0.4) is 0 Å². The van der Waals surface area contributed by atoms with Crippen LogP contribution in [-0.4, -0.2) is 29.3 Å². The molecule has 0 spiro atoms. The van der Waals surface area contributed by atoms with Crippen molar-refractivity contribution in [1.29, 1.82) is 0 Å². The molecule has 5 nitrogen and oxygen atoms in total. The number of halogens is 2. The van der Waals surface area contributed by atoms with Gasteiger partial charge in [-0.1, -0.05) is 12.1 Å². The minimum absolute atomic E-state index is 0. The number of rotatable bonds is 5. The van der Waals surface area contributed by atoms with Gasteiger partial charge in [0.1, 0.15) is 5.82 Å². The van der Waals surface area contributed by atoms with E-state index in [1.807, 2.05) is 25.5 Å². The summed E-state index contributed by atoms with van der Waals surface area (Å²) >= 11 is 0. The van der Waals surface area contributed by atoms with Crippen LogP contribution < -0.4 is 10.6 Å². The quantitative estimate of drug-likeness (QED) is 0.435. The number of hydrogen-bond donors (Lipinski definition) is 2. The zero-order chi connectivity index (χ0) is 15.9. The Kier molecular flexibility index (Phi) is 8.01. The number of hydrogen-bond acceptors (Lipinski definition) is 2. The molecule has 0 aliphatic rings. The van der Waals surface area contributed by atoms with E-state index in [9.17, 15) is 4.39 Å². The molecule has 0 atom stereocenters. The number of nitrogens with one attached hydrogen (secondary N) is 2. The lowest BCUT2D eigenvalue weighted by Crippen LogP contribution is -2.37. The monoisotopic (exact) mass is 431 g/mol. The lowest BCUT2D eigenvalue weighted by atomic mass is 10.1. The van der Waals surface area contributed by atoms with Gasteiger partial charge in [0.2, 0.25) is 0 Å². The normalized spacial score (nSPS) is 11.0. The first kappa shape index (κ1) is 19.4. The van der Waals surface area contributed by atoms with Crippen LogP contribution in [0.25, 0.3) is 0 Å². The summed E-state index contributed by atoms with van der Waals surface area (Å²) in [6.45, 7) is 3.04. The van der Waals surface area contributed by atoms with E-state index >= 15 is 0 Å². The van der Waals surface area contributed by atoms with Crippen molar-refractivity contribution in [3.8, 4) is 0 Å². The lowest BCUT2D eigenvalue weighted by Gasteiger charge is -2.12. The number of nitrogens with zero attached hydrogens (tertiary/aromatic N) is 3. The van der Waals surface area contributed by atoms with Crippen molar-refractivity contribution in [2.45, 2.75) is 19.9 Å². The summed E-state index contributed by atoms with van der Waals surface area (Å²) in [4.78, 5) is 4.16. The average molecular weight is 431 g/mol. The molecule has 1 aromatic carbocycles. The highest BCUT2D eigenvalue weighted by atomic mass is 127. The highest BCUT2D eigenvalue weighted by Crippen LogP contribution is 2.08. The van der Waals surface area contributed by atoms with Gasteiger partial charge in [0.15, 0.2) is 5.96 Å². The maximum Gasteiger partial charge on any atom is 0.191 e. The van der Waals surface area contributed by atoms with E-state index in [0.717, 1.165) is 18.5 Å². The zero-order valence-corrected chi connectivity index (χ0v) is 16.0. The van der Waals surface area contributed by atoms with Gasteiger partial charge in [0.25, 0.3) is 0 Å². The van der Waals surface area contributed by atoms with Crippen molar-refractivity contribution in [3.05, 3.63) is 53.1 Å². The Bertz CT molecular complexity index is 654. The third-order valence-corrected chi connectivity index (χ3v) is 3.38. The number of aliphatic imine (C=N–C) groups is 1. The van der Waals surface area contributed by atoms with Gasteiger partial charge in [-0.25, -0.2) is 4.39 Å². The summed E-state index contributed by atoms with van der Waals surface area (Å²) < 4.78 is 15.3. The zero-order valence-electron chi connectivity index (χ0n) is 13.6. The Balaban J connectivity index is 0.00000264. The van der Waals surface area contributed by atoms with Gasteiger partial charge < -0.3 is 10.6 Å². The van der Waals surface area contributed by atoms with Gasteiger partial charge in [0.05, 0.1) is 6.20 Å². The van der Waals surface area contributed by atoms with E-state index in [-0.39, 0.29) is 29.8 Å². The van der Waals surface area contributed by atoms with Crippen LogP contribution in [-0.2, 0) is 20.0 Å². The molecule has 0 aliphatic carbocycles. The minimum Gasteiger partial charge on any atom is -0.356 e. The smallest absolute Gasteiger partial charge is 0.191 e. The number of benzene rings is 1. The van der Waals surface area contributed by atoms with Crippen molar-refractivity contribution in [1.82, 2.24) is 20.4 Å². The number of guanidine groups is 1. The van der Waals surface area contributed by atoms with Crippen LogP contribution in [0.5, 0.6) is 0 Å². The molecule has 0 aliphatic heterocycles. The van der Waals surface area contributed by atoms with E-state index in [1.165, 1.54) is 5.56 Å². The summed E-state index contributed by atoms with van der Waals surface area (Å²) in [5, 5.41) is 10.5. The molecule has 7 heteroatoms. The van der Waals surface area contributed by atoms with Crippen LogP contribution in [0.1, 0.15) is 16.7 Å². The molecule has 0 saturated heterocycles. The maximum absolute atomic E-state index is 13.5. The van der Waals surface area contributed by atoms with E-state index in [1.54, 1.807) is 30.8 Å². The van der Waals surface area contributed by atoms with Crippen LogP contribution in [0.15, 0.2) is 35.6 Å². The van der Waals surface area contributed by atoms with Crippen molar-refractivity contribution in [3.63, 3.8) is 0 Å².